The number of aryl methyl sites for hydroxylation is 1. The van der Waals surface area contributed by atoms with E-state index < -0.39 is 0 Å². The van der Waals surface area contributed by atoms with Gasteiger partial charge in [-0.05, 0) is 67.5 Å². The van der Waals surface area contributed by atoms with E-state index in [1.54, 1.807) is 12.2 Å². The van der Waals surface area contributed by atoms with E-state index in [1.807, 2.05) is 42.3 Å². The molecule has 1 aromatic carbocycles. The average molecular weight is 468 g/mol. The number of fused-ring (bicyclic) bond motifs is 1. The van der Waals surface area contributed by atoms with E-state index in [1.165, 1.54) is 11.3 Å². The van der Waals surface area contributed by atoms with Crippen LogP contribution in [0.15, 0.2) is 64.6 Å². The van der Waals surface area contributed by atoms with Gasteiger partial charge in [0.15, 0.2) is 0 Å². The molecule has 2 aromatic rings. The van der Waals surface area contributed by atoms with E-state index in [-0.39, 0.29) is 11.7 Å². The Bertz CT molecular complexity index is 1190. The Morgan fingerprint density at radius 2 is 2.06 bits per heavy atom. The van der Waals surface area contributed by atoms with Crippen LogP contribution in [0.3, 0.4) is 0 Å². The number of allylic oxidation sites excluding steroid dienone is 4. The molecule has 3 aliphatic rings. The lowest BCUT2D eigenvalue weighted by atomic mass is 9.95. The summed E-state index contributed by atoms with van der Waals surface area (Å²) in [5.74, 6) is 0.286. The van der Waals surface area contributed by atoms with Gasteiger partial charge in [-0.15, -0.1) is 11.3 Å². The Morgan fingerprint density at radius 3 is 2.81 bits per heavy atom. The van der Waals surface area contributed by atoms with Crippen molar-refractivity contribution in [1.82, 2.24) is 9.88 Å². The Balaban J connectivity index is 1.37. The minimum absolute atomic E-state index is 0.0466. The van der Waals surface area contributed by atoms with E-state index in [9.17, 15) is 9.18 Å². The molecule has 1 fully saturated rings. The average Bonchev–Trinajstić information content (AvgIpc) is 3.39. The molecule has 0 spiro atoms. The number of hydrogen-bond donors (Lipinski definition) is 0. The number of aromatic nitrogens is 1. The molecule has 1 saturated carbocycles. The van der Waals surface area contributed by atoms with Gasteiger partial charge in [-0.1, -0.05) is 23.7 Å². The summed E-state index contributed by atoms with van der Waals surface area (Å²) in [6.07, 6.45) is 8.39. The fraction of sp³-hybridized carbons (Fsp3) is 0.320. The van der Waals surface area contributed by atoms with Crippen molar-refractivity contribution in [3.05, 3.63) is 75.3 Å². The molecule has 2 heterocycles. The second kappa shape index (κ2) is 8.75. The van der Waals surface area contributed by atoms with Gasteiger partial charge in [-0.3, -0.25) is 9.79 Å². The molecule has 0 bridgehead atoms. The van der Waals surface area contributed by atoms with E-state index in [0.29, 0.717) is 36.0 Å². The van der Waals surface area contributed by atoms with Crippen LogP contribution >= 0.6 is 22.9 Å². The molecule has 1 amide bonds. The first-order valence-corrected chi connectivity index (χ1v) is 12.0. The van der Waals surface area contributed by atoms with E-state index in [2.05, 4.69) is 9.98 Å². The molecule has 4 nitrogen and oxygen atoms in total. The van der Waals surface area contributed by atoms with Crippen molar-refractivity contribution in [2.45, 2.75) is 32.6 Å². The lowest BCUT2D eigenvalue weighted by Crippen LogP contribution is -2.34. The van der Waals surface area contributed by atoms with Crippen LogP contribution in [0.25, 0.3) is 10.4 Å². The molecule has 0 radical (unpaired) electrons. The normalized spacial score (nSPS) is 17.3. The second-order valence-corrected chi connectivity index (χ2v) is 10.1. The van der Waals surface area contributed by atoms with Gasteiger partial charge < -0.3 is 4.90 Å². The molecule has 32 heavy (non-hydrogen) atoms. The summed E-state index contributed by atoms with van der Waals surface area (Å²) in [4.78, 5) is 25.5. The smallest absolute Gasteiger partial charge is 0.274 e. The molecule has 7 heteroatoms. The summed E-state index contributed by atoms with van der Waals surface area (Å²) in [6.45, 7) is 3.21. The fourth-order valence-electron chi connectivity index (χ4n) is 4.07. The first kappa shape index (κ1) is 21.3. The molecule has 0 N–H and O–H groups in total. The van der Waals surface area contributed by atoms with Gasteiger partial charge in [0, 0.05) is 36.3 Å². The fourth-order valence-corrected chi connectivity index (χ4v) is 5.11. The topological polar surface area (TPSA) is 45.6 Å². The Labute approximate surface area is 195 Å². The Morgan fingerprint density at radius 1 is 1.28 bits per heavy atom. The number of benzene rings is 1. The first-order chi connectivity index (χ1) is 15.5. The van der Waals surface area contributed by atoms with Crippen LogP contribution in [0, 0.1) is 12.8 Å². The number of carbonyl (C=O) groups is 1. The SMILES string of the molecule is Cc1nc(C(=O)N(CCC2=CN=C3CC=C(F)C=C23)CC2CC2)c(-c2ccc(Cl)cc2)s1. The minimum Gasteiger partial charge on any atom is -0.337 e. The monoisotopic (exact) mass is 467 g/mol. The van der Waals surface area contributed by atoms with Crippen LogP contribution in [0.1, 0.15) is 41.2 Å². The zero-order valence-electron chi connectivity index (χ0n) is 17.8. The van der Waals surface area contributed by atoms with Crippen LogP contribution in [0.4, 0.5) is 4.39 Å². The van der Waals surface area contributed by atoms with Gasteiger partial charge in [-0.25, -0.2) is 9.37 Å². The number of aliphatic imine (C=N–C) groups is 1. The van der Waals surface area contributed by atoms with Crippen LogP contribution in [-0.4, -0.2) is 34.6 Å². The van der Waals surface area contributed by atoms with E-state index in [4.69, 9.17) is 11.6 Å². The third-order valence-electron chi connectivity index (χ3n) is 5.96. The highest BCUT2D eigenvalue weighted by Gasteiger charge is 2.31. The zero-order chi connectivity index (χ0) is 22.2. The lowest BCUT2D eigenvalue weighted by Gasteiger charge is -2.23. The maximum Gasteiger partial charge on any atom is 0.274 e. The van der Waals surface area contributed by atoms with Crippen molar-refractivity contribution in [3.63, 3.8) is 0 Å². The third-order valence-corrected chi connectivity index (χ3v) is 7.23. The Kier molecular flexibility index (Phi) is 5.82. The Hall–Kier alpha value is -2.57. The van der Waals surface area contributed by atoms with Gasteiger partial charge in [0.25, 0.3) is 5.91 Å². The maximum absolute atomic E-state index is 13.8. The first-order valence-electron chi connectivity index (χ1n) is 10.8. The van der Waals surface area contributed by atoms with Crippen molar-refractivity contribution in [1.29, 1.82) is 0 Å². The number of nitrogens with zero attached hydrogens (tertiary/aromatic N) is 3. The summed E-state index contributed by atoms with van der Waals surface area (Å²) < 4.78 is 13.8. The molecule has 5 rings (SSSR count). The molecule has 2 aliphatic carbocycles. The van der Waals surface area contributed by atoms with Crippen molar-refractivity contribution in [3.8, 4) is 10.4 Å². The van der Waals surface area contributed by atoms with Gasteiger partial charge >= 0.3 is 0 Å². The maximum atomic E-state index is 13.8. The van der Waals surface area contributed by atoms with Crippen LogP contribution < -0.4 is 0 Å². The van der Waals surface area contributed by atoms with Gasteiger partial charge in [0.05, 0.1) is 15.6 Å². The van der Waals surface area contributed by atoms with Crippen LogP contribution in [0.5, 0.6) is 0 Å². The highest BCUT2D eigenvalue weighted by Crippen LogP contribution is 2.35. The number of amides is 1. The van der Waals surface area contributed by atoms with E-state index in [0.717, 1.165) is 51.7 Å². The molecular formula is C25H23ClFN3OS. The molecular weight excluding hydrogens is 445 g/mol. The quantitative estimate of drug-likeness (QED) is 0.464. The number of thiazole rings is 1. The molecule has 1 aliphatic heterocycles. The number of halogens is 2. The van der Waals surface area contributed by atoms with Crippen molar-refractivity contribution < 1.29 is 9.18 Å². The molecule has 0 saturated heterocycles. The molecule has 164 valence electrons. The zero-order valence-corrected chi connectivity index (χ0v) is 19.3. The largest absolute Gasteiger partial charge is 0.337 e. The predicted molar refractivity (Wildman–Crippen MR) is 128 cm³/mol. The number of rotatable bonds is 7. The standard InChI is InChI=1S/C25H23ClFN3OS/c1-15-29-23(24(32-15)17-4-6-19(26)7-5-17)25(31)30(14-16-2-3-16)11-10-18-13-28-22-9-8-20(27)12-21(18)22/h4-8,12-13,16H,2-3,9-11,14H2,1H3. The molecule has 1 aromatic heterocycles. The summed E-state index contributed by atoms with van der Waals surface area (Å²) in [6, 6.07) is 7.52. The van der Waals surface area contributed by atoms with Crippen LogP contribution in [0.2, 0.25) is 5.02 Å². The second-order valence-electron chi connectivity index (χ2n) is 8.44. The molecule has 0 atom stereocenters. The van der Waals surface area contributed by atoms with Gasteiger partial charge in [0.2, 0.25) is 0 Å². The molecule has 0 unspecified atom stereocenters. The number of carbonyl (C=O) groups excluding carboxylic acids is 1. The van der Waals surface area contributed by atoms with Gasteiger partial charge in [0.1, 0.15) is 11.5 Å². The van der Waals surface area contributed by atoms with Crippen LogP contribution in [-0.2, 0) is 0 Å². The highest BCUT2D eigenvalue weighted by atomic mass is 35.5. The summed E-state index contributed by atoms with van der Waals surface area (Å²) >= 11 is 7.57. The summed E-state index contributed by atoms with van der Waals surface area (Å²) in [5.41, 5.74) is 4.21. The van der Waals surface area contributed by atoms with E-state index >= 15 is 0 Å². The third kappa shape index (κ3) is 4.48. The van der Waals surface area contributed by atoms with Gasteiger partial charge in [-0.2, -0.15) is 0 Å². The summed E-state index contributed by atoms with van der Waals surface area (Å²) in [7, 11) is 0. The predicted octanol–water partition coefficient (Wildman–Crippen LogP) is 6.54. The lowest BCUT2D eigenvalue weighted by molar-refractivity contribution is 0.0745. The highest BCUT2D eigenvalue weighted by molar-refractivity contribution is 7.15. The van der Waals surface area contributed by atoms with Crippen molar-refractivity contribution in [2.24, 2.45) is 10.9 Å². The van der Waals surface area contributed by atoms with Crippen molar-refractivity contribution >= 4 is 34.6 Å². The number of hydrogen-bond acceptors (Lipinski definition) is 4. The minimum atomic E-state index is -0.219. The van der Waals surface area contributed by atoms with Crippen molar-refractivity contribution in [2.75, 3.05) is 13.1 Å². The summed E-state index contributed by atoms with van der Waals surface area (Å²) in [5, 5.41) is 1.52.